The number of hydrogen-bond acceptors (Lipinski definition) is 1. The van der Waals surface area contributed by atoms with E-state index in [4.69, 9.17) is 11.5 Å². The maximum absolute atomic E-state index is 9.97. The molecular weight excluding hydrogens is 253 g/mol. The van der Waals surface area contributed by atoms with Gasteiger partial charge in [0.05, 0.1) is 0 Å². The minimum absolute atomic E-state index is 0. The van der Waals surface area contributed by atoms with Gasteiger partial charge in [0.1, 0.15) is 0 Å². The zero-order chi connectivity index (χ0) is 6.57. The molecule has 0 aromatic carbocycles. The molecule has 0 spiro atoms. The van der Waals surface area contributed by atoms with Crippen molar-refractivity contribution in [1.82, 2.24) is 5.32 Å². The summed E-state index contributed by atoms with van der Waals surface area (Å²) >= 11 is 1.24. The highest BCUT2D eigenvalue weighted by atomic mass is 127. The molecule has 5 N–H and O–H groups in total. The van der Waals surface area contributed by atoms with Gasteiger partial charge in [-0.25, -0.2) is 10.5 Å². The molecule has 0 bridgehead atoms. The maximum atomic E-state index is 9.97. The van der Waals surface area contributed by atoms with Crippen LogP contribution < -0.4 is 40.8 Å². The standard InChI is InChI=1S/C3H7N3OS.HI/c1-8-3(5)6-2(4)7;/h5H2,1H3,(H2-,4,6,7);1H. The molecule has 0 aliphatic carbocycles. The van der Waals surface area contributed by atoms with Gasteiger partial charge >= 0.3 is 11.1 Å². The molecule has 0 rings (SSSR count). The molecular formula is C3H8IN3OS. The molecule has 0 aromatic heterocycles. The SMILES string of the molecule is C/[S+]=C(\N)NC(N)=O.[I-]. The van der Waals surface area contributed by atoms with Gasteiger partial charge in [0.25, 0.3) is 0 Å². The van der Waals surface area contributed by atoms with Crippen molar-refractivity contribution in [2.75, 3.05) is 6.26 Å². The van der Waals surface area contributed by atoms with Crippen molar-refractivity contribution in [2.45, 2.75) is 0 Å². The highest BCUT2D eigenvalue weighted by Gasteiger charge is 2.00. The fraction of sp³-hybridized carbons (Fsp3) is 0.333. The van der Waals surface area contributed by atoms with E-state index < -0.39 is 6.03 Å². The van der Waals surface area contributed by atoms with Crippen molar-refractivity contribution < 1.29 is 28.8 Å². The summed E-state index contributed by atoms with van der Waals surface area (Å²) in [5.41, 5.74) is 9.85. The molecule has 0 saturated heterocycles. The second-order valence-electron chi connectivity index (χ2n) is 1.06. The molecule has 0 fully saturated rings. The number of carbonyl (C=O) groups excluding carboxylic acids is 1. The first-order chi connectivity index (χ1) is 3.66. The van der Waals surface area contributed by atoms with Gasteiger partial charge in [0, 0.05) is 0 Å². The van der Waals surface area contributed by atoms with Crippen LogP contribution in [-0.2, 0) is 11.4 Å². The van der Waals surface area contributed by atoms with Crippen molar-refractivity contribution >= 4 is 22.5 Å². The fourth-order valence-electron chi connectivity index (χ4n) is 0.172. The normalized spacial score (nSPS) is 9.78. The first-order valence-electron chi connectivity index (χ1n) is 1.89. The van der Waals surface area contributed by atoms with Crippen LogP contribution in [0.25, 0.3) is 0 Å². The van der Waals surface area contributed by atoms with E-state index in [1.54, 1.807) is 6.26 Å². The zero-order valence-electron chi connectivity index (χ0n) is 4.85. The smallest absolute Gasteiger partial charge is 0.346 e. The number of primary amides is 1. The quantitative estimate of drug-likeness (QED) is 0.233. The van der Waals surface area contributed by atoms with Crippen molar-refractivity contribution in [3.8, 4) is 0 Å². The summed E-state index contributed by atoms with van der Waals surface area (Å²) in [6.07, 6.45) is 1.74. The number of nitrogens with one attached hydrogen (secondary N) is 1. The summed E-state index contributed by atoms with van der Waals surface area (Å²) in [7, 11) is 0. The maximum Gasteiger partial charge on any atom is 0.346 e. The lowest BCUT2D eigenvalue weighted by molar-refractivity contribution is -0.00000538. The number of halogens is 1. The van der Waals surface area contributed by atoms with Crippen LogP contribution in [0.5, 0.6) is 0 Å². The van der Waals surface area contributed by atoms with Gasteiger partial charge in [0.15, 0.2) is 6.26 Å². The van der Waals surface area contributed by atoms with Crippen LogP contribution in [0.2, 0.25) is 0 Å². The number of nitrogens with two attached hydrogens (primary N) is 2. The highest BCUT2D eigenvalue weighted by molar-refractivity contribution is 7.77. The lowest BCUT2D eigenvalue weighted by Crippen LogP contribution is -3.00. The zero-order valence-corrected chi connectivity index (χ0v) is 7.82. The molecule has 6 heteroatoms. The number of carbonyl (C=O) groups is 1. The number of hydrogen-bond donors (Lipinski definition) is 3. The summed E-state index contributed by atoms with van der Waals surface area (Å²) in [6, 6.07) is -0.628. The molecule has 0 aliphatic rings. The predicted molar refractivity (Wildman–Crippen MR) is 35.2 cm³/mol. The Kier molecular flexibility index (Phi) is 8.09. The van der Waals surface area contributed by atoms with E-state index in [1.165, 1.54) is 11.4 Å². The van der Waals surface area contributed by atoms with Crippen LogP contribution in [0.15, 0.2) is 0 Å². The number of urea groups is 1. The van der Waals surface area contributed by atoms with Gasteiger partial charge in [-0.15, -0.1) is 0 Å². The average Bonchev–Trinajstić information content (AvgIpc) is 1.65. The monoisotopic (exact) mass is 261 g/mol. The molecule has 2 amide bonds. The van der Waals surface area contributed by atoms with Crippen molar-refractivity contribution in [2.24, 2.45) is 11.5 Å². The second-order valence-corrected chi connectivity index (χ2v) is 1.91. The Labute approximate surface area is 74.3 Å². The molecule has 4 nitrogen and oxygen atoms in total. The first kappa shape index (κ1) is 11.8. The molecule has 0 aliphatic heterocycles. The van der Waals surface area contributed by atoms with Gasteiger partial charge in [-0.1, -0.05) is 0 Å². The summed E-state index contributed by atoms with van der Waals surface area (Å²) < 4.78 is 0. The Bertz CT molecular complexity index is 126. The van der Waals surface area contributed by atoms with Crippen LogP contribution in [0.4, 0.5) is 4.79 Å². The molecule has 54 valence electrons. The van der Waals surface area contributed by atoms with Gasteiger partial charge in [-0.05, 0) is 0 Å². The van der Waals surface area contributed by atoms with Crippen molar-refractivity contribution in [1.29, 1.82) is 0 Å². The van der Waals surface area contributed by atoms with Crippen LogP contribution in [0.3, 0.4) is 0 Å². The lowest BCUT2D eigenvalue weighted by Gasteiger charge is -1.86. The third-order valence-electron chi connectivity index (χ3n) is 0.466. The van der Waals surface area contributed by atoms with E-state index in [0.717, 1.165) is 0 Å². The topological polar surface area (TPSA) is 81.1 Å². The molecule has 0 unspecified atom stereocenters. The predicted octanol–water partition coefficient (Wildman–Crippen LogP) is -4.58. The van der Waals surface area contributed by atoms with E-state index in [1.807, 2.05) is 0 Å². The molecule has 0 atom stereocenters. The Morgan fingerprint density at radius 1 is 1.56 bits per heavy atom. The Hall–Kier alpha value is 0.0500. The minimum atomic E-state index is -0.628. The summed E-state index contributed by atoms with van der Waals surface area (Å²) in [5, 5.41) is 2.51. The third kappa shape index (κ3) is 8.05. The van der Waals surface area contributed by atoms with Crippen LogP contribution in [0, 0.1) is 0 Å². The lowest BCUT2D eigenvalue weighted by atomic mass is 11.0. The van der Waals surface area contributed by atoms with E-state index >= 15 is 0 Å². The van der Waals surface area contributed by atoms with Gasteiger partial charge in [-0.3, -0.25) is 5.32 Å². The fourth-order valence-corrected chi connectivity index (χ4v) is 0.375. The first-order valence-corrected chi connectivity index (χ1v) is 3.12. The summed E-state index contributed by atoms with van der Waals surface area (Å²) in [5.74, 6) is 0. The molecule has 0 aromatic rings. The molecule has 0 saturated carbocycles. The molecule has 0 heterocycles. The molecule has 0 radical (unpaired) electrons. The summed E-state index contributed by atoms with van der Waals surface area (Å²) in [6.45, 7) is 0. The van der Waals surface area contributed by atoms with Crippen LogP contribution in [-0.4, -0.2) is 17.4 Å². The second kappa shape index (κ2) is 6.17. The van der Waals surface area contributed by atoms with Crippen molar-refractivity contribution in [3.63, 3.8) is 0 Å². The Morgan fingerprint density at radius 2 is 2.00 bits per heavy atom. The minimum Gasteiger partial charge on any atom is -1.00 e. The largest absolute Gasteiger partial charge is 1.00 e. The third-order valence-corrected chi connectivity index (χ3v) is 1.01. The Morgan fingerprint density at radius 3 is 2.11 bits per heavy atom. The van der Waals surface area contributed by atoms with E-state index in [2.05, 4.69) is 5.32 Å². The Balaban J connectivity index is 0. The number of rotatable bonds is 0. The highest BCUT2D eigenvalue weighted by Crippen LogP contribution is 1.52. The van der Waals surface area contributed by atoms with Crippen LogP contribution >= 0.6 is 0 Å². The molecule has 9 heavy (non-hydrogen) atoms. The van der Waals surface area contributed by atoms with E-state index in [9.17, 15) is 4.79 Å². The van der Waals surface area contributed by atoms with E-state index in [0.29, 0.717) is 5.11 Å². The van der Waals surface area contributed by atoms with Crippen LogP contribution in [0.1, 0.15) is 0 Å². The summed E-state index contributed by atoms with van der Waals surface area (Å²) in [4.78, 5) is 9.97. The van der Waals surface area contributed by atoms with Gasteiger partial charge < -0.3 is 29.7 Å². The van der Waals surface area contributed by atoms with Crippen molar-refractivity contribution in [3.05, 3.63) is 0 Å². The van der Waals surface area contributed by atoms with Gasteiger partial charge in [0.2, 0.25) is 11.4 Å². The average molecular weight is 261 g/mol. The van der Waals surface area contributed by atoms with E-state index in [-0.39, 0.29) is 24.0 Å². The van der Waals surface area contributed by atoms with Gasteiger partial charge in [-0.2, -0.15) is 0 Å². The number of amides is 2.